The van der Waals surface area contributed by atoms with Gasteiger partial charge < -0.3 is 10.5 Å². The summed E-state index contributed by atoms with van der Waals surface area (Å²) in [5.74, 6) is 0.556. The molecule has 16 heavy (non-hydrogen) atoms. The molecule has 0 saturated heterocycles. The number of hydrogen-bond acceptors (Lipinski definition) is 2. The van der Waals surface area contributed by atoms with E-state index in [1.54, 1.807) is 7.11 Å². The van der Waals surface area contributed by atoms with Crippen molar-refractivity contribution in [1.29, 1.82) is 0 Å². The van der Waals surface area contributed by atoms with Crippen LogP contribution in [0.5, 0.6) is 0 Å². The van der Waals surface area contributed by atoms with Crippen LogP contribution in [0.4, 0.5) is 0 Å². The lowest BCUT2D eigenvalue weighted by Gasteiger charge is -2.30. The zero-order valence-corrected chi connectivity index (χ0v) is 10.9. The second-order valence-corrected chi connectivity index (χ2v) is 5.11. The van der Waals surface area contributed by atoms with Gasteiger partial charge in [-0.05, 0) is 30.9 Å². The van der Waals surface area contributed by atoms with E-state index in [0.717, 1.165) is 5.56 Å². The quantitative estimate of drug-likeness (QED) is 0.847. The Balaban J connectivity index is 2.90. The Kier molecular flexibility index (Phi) is 4.11. The molecule has 0 saturated carbocycles. The third-order valence-corrected chi connectivity index (χ3v) is 3.24. The summed E-state index contributed by atoms with van der Waals surface area (Å²) in [6, 6.07) is 8.39. The lowest BCUT2D eigenvalue weighted by Crippen LogP contribution is -2.37. The Morgan fingerprint density at radius 1 is 1.06 bits per heavy atom. The first kappa shape index (κ1) is 13.2. The standard InChI is InChI=1S/C14H23NO/c1-10(2)11-6-8-12(9-7-11)13(15)14(3,4)16-5/h6-10,13H,15H2,1-5H3. The predicted molar refractivity (Wildman–Crippen MR) is 68.5 cm³/mol. The number of hydrogen-bond donors (Lipinski definition) is 1. The summed E-state index contributed by atoms with van der Waals surface area (Å²) in [4.78, 5) is 0. The molecule has 0 bridgehead atoms. The monoisotopic (exact) mass is 221 g/mol. The zero-order chi connectivity index (χ0) is 12.3. The third-order valence-electron chi connectivity index (χ3n) is 3.24. The van der Waals surface area contributed by atoms with E-state index in [2.05, 4.69) is 38.1 Å². The van der Waals surface area contributed by atoms with Gasteiger partial charge in [0.25, 0.3) is 0 Å². The number of nitrogens with two attached hydrogens (primary N) is 1. The lowest BCUT2D eigenvalue weighted by atomic mass is 9.91. The van der Waals surface area contributed by atoms with Crippen LogP contribution in [0, 0.1) is 0 Å². The molecule has 0 fully saturated rings. The van der Waals surface area contributed by atoms with E-state index in [4.69, 9.17) is 10.5 Å². The Morgan fingerprint density at radius 2 is 1.50 bits per heavy atom. The van der Waals surface area contributed by atoms with Crippen LogP contribution < -0.4 is 5.73 Å². The van der Waals surface area contributed by atoms with Crippen LogP contribution in [-0.2, 0) is 4.74 Å². The first-order valence-corrected chi connectivity index (χ1v) is 5.79. The average molecular weight is 221 g/mol. The Bertz CT molecular complexity index is 327. The van der Waals surface area contributed by atoms with Crippen molar-refractivity contribution < 1.29 is 4.74 Å². The van der Waals surface area contributed by atoms with Crippen LogP contribution >= 0.6 is 0 Å². The highest BCUT2D eigenvalue weighted by Crippen LogP contribution is 2.27. The van der Waals surface area contributed by atoms with Crippen LogP contribution in [0.15, 0.2) is 24.3 Å². The molecule has 2 N–H and O–H groups in total. The van der Waals surface area contributed by atoms with Crippen LogP contribution in [0.25, 0.3) is 0 Å². The Hall–Kier alpha value is -0.860. The smallest absolute Gasteiger partial charge is 0.0814 e. The van der Waals surface area contributed by atoms with Crippen molar-refractivity contribution in [2.24, 2.45) is 5.73 Å². The molecule has 0 amide bonds. The van der Waals surface area contributed by atoms with Gasteiger partial charge in [0.15, 0.2) is 0 Å². The minimum absolute atomic E-state index is 0.0984. The Labute approximate surface area is 98.8 Å². The van der Waals surface area contributed by atoms with Gasteiger partial charge in [0.1, 0.15) is 0 Å². The number of benzene rings is 1. The summed E-state index contributed by atoms with van der Waals surface area (Å²) in [5, 5.41) is 0. The van der Waals surface area contributed by atoms with Crippen molar-refractivity contribution in [3.63, 3.8) is 0 Å². The third kappa shape index (κ3) is 2.83. The van der Waals surface area contributed by atoms with Crippen molar-refractivity contribution in [3.05, 3.63) is 35.4 Å². The lowest BCUT2D eigenvalue weighted by molar-refractivity contribution is -0.0000343. The first-order valence-electron chi connectivity index (χ1n) is 5.79. The Morgan fingerprint density at radius 3 is 1.88 bits per heavy atom. The van der Waals surface area contributed by atoms with Crippen molar-refractivity contribution >= 4 is 0 Å². The maximum absolute atomic E-state index is 6.18. The molecule has 0 radical (unpaired) electrons. The number of methoxy groups -OCH3 is 1. The zero-order valence-electron chi connectivity index (χ0n) is 10.9. The average Bonchev–Trinajstić information content (AvgIpc) is 2.28. The van der Waals surface area contributed by atoms with Crippen LogP contribution in [0.3, 0.4) is 0 Å². The van der Waals surface area contributed by atoms with E-state index in [1.165, 1.54) is 5.56 Å². The van der Waals surface area contributed by atoms with Crippen LogP contribution in [-0.4, -0.2) is 12.7 Å². The van der Waals surface area contributed by atoms with Gasteiger partial charge in [-0.3, -0.25) is 0 Å². The molecule has 1 atom stereocenters. The molecular formula is C14H23NO. The van der Waals surface area contributed by atoms with Gasteiger partial charge >= 0.3 is 0 Å². The fourth-order valence-electron chi connectivity index (χ4n) is 1.62. The molecule has 2 nitrogen and oxygen atoms in total. The number of rotatable bonds is 4. The summed E-state index contributed by atoms with van der Waals surface area (Å²) in [5.41, 5.74) is 8.31. The molecule has 1 rings (SSSR count). The molecule has 0 aromatic heterocycles. The van der Waals surface area contributed by atoms with Gasteiger partial charge in [-0.1, -0.05) is 38.1 Å². The van der Waals surface area contributed by atoms with Crippen LogP contribution in [0.2, 0.25) is 0 Å². The van der Waals surface area contributed by atoms with Crippen molar-refractivity contribution in [3.8, 4) is 0 Å². The van der Waals surface area contributed by atoms with Gasteiger partial charge in [0.05, 0.1) is 11.6 Å². The van der Waals surface area contributed by atoms with Gasteiger partial charge in [0.2, 0.25) is 0 Å². The summed E-state index contributed by atoms with van der Waals surface area (Å²) < 4.78 is 5.41. The maximum Gasteiger partial charge on any atom is 0.0814 e. The van der Waals surface area contributed by atoms with E-state index in [9.17, 15) is 0 Å². The molecule has 1 aromatic rings. The van der Waals surface area contributed by atoms with Crippen molar-refractivity contribution in [1.82, 2.24) is 0 Å². The normalized spacial score (nSPS) is 14.2. The summed E-state index contributed by atoms with van der Waals surface area (Å²) in [6.45, 7) is 8.39. The van der Waals surface area contributed by atoms with Gasteiger partial charge in [0, 0.05) is 7.11 Å². The largest absolute Gasteiger partial charge is 0.377 e. The first-order chi connectivity index (χ1) is 7.38. The van der Waals surface area contributed by atoms with E-state index in [-0.39, 0.29) is 11.6 Å². The summed E-state index contributed by atoms with van der Waals surface area (Å²) in [7, 11) is 1.70. The summed E-state index contributed by atoms with van der Waals surface area (Å²) in [6.07, 6.45) is 0. The highest BCUT2D eigenvalue weighted by Gasteiger charge is 2.27. The molecule has 0 aliphatic rings. The molecular weight excluding hydrogens is 198 g/mol. The van der Waals surface area contributed by atoms with Gasteiger partial charge in [-0.15, -0.1) is 0 Å². The fourth-order valence-corrected chi connectivity index (χ4v) is 1.62. The number of ether oxygens (including phenoxy) is 1. The van der Waals surface area contributed by atoms with Gasteiger partial charge in [-0.25, -0.2) is 0 Å². The minimum Gasteiger partial charge on any atom is -0.377 e. The molecule has 0 heterocycles. The highest BCUT2D eigenvalue weighted by atomic mass is 16.5. The molecule has 0 spiro atoms. The second-order valence-electron chi connectivity index (χ2n) is 5.11. The van der Waals surface area contributed by atoms with Gasteiger partial charge in [-0.2, -0.15) is 0 Å². The molecule has 90 valence electrons. The van der Waals surface area contributed by atoms with Crippen molar-refractivity contribution in [2.45, 2.75) is 45.3 Å². The van der Waals surface area contributed by atoms with E-state index < -0.39 is 0 Å². The molecule has 0 aliphatic heterocycles. The van der Waals surface area contributed by atoms with E-state index in [1.807, 2.05) is 13.8 Å². The van der Waals surface area contributed by atoms with Crippen molar-refractivity contribution in [2.75, 3.05) is 7.11 Å². The topological polar surface area (TPSA) is 35.2 Å². The summed E-state index contributed by atoms with van der Waals surface area (Å²) >= 11 is 0. The second kappa shape index (κ2) is 4.98. The molecule has 2 heteroatoms. The molecule has 1 aromatic carbocycles. The molecule has 0 aliphatic carbocycles. The predicted octanol–water partition coefficient (Wildman–Crippen LogP) is 3.23. The highest BCUT2D eigenvalue weighted by molar-refractivity contribution is 5.28. The van der Waals surface area contributed by atoms with Crippen LogP contribution in [0.1, 0.15) is 50.8 Å². The minimum atomic E-state index is -0.334. The SMILES string of the molecule is COC(C)(C)C(N)c1ccc(C(C)C)cc1. The van der Waals surface area contributed by atoms with E-state index in [0.29, 0.717) is 5.92 Å². The molecule has 1 unspecified atom stereocenters. The fraction of sp³-hybridized carbons (Fsp3) is 0.571. The maximum atomic E-state index is 6.18. The van der Waals surface area contributed by atoms with E-state index >= 15 is 0 Å².